The number of hydrogen-bond donors (Lipinski definition) is 2. The second-order valence-electron chi connectivity index (χ2n) is 9.52. The molecule has 0 unspecified atom stereocenters. The van der Waals surface area contributed by atoms with Crippen LogP contribution in [0.2, 0.25) is 5.02 Å². The molecule has 0 radical (unpaired) electrons. The van der Waals surface area contributed by atoms with Gasteiger partial charge in [-0.15, -0.1) is 0 Å². The highest BCUT2D eigenvalue weighted by Crippen LogP contribution is 2.41. The summed E-state index contributed by atoms with van der Waals surface area (Å²) < 4.78 is 22.0. The van der Waals surface area contributed by atoms with Gasteiger partial charge in [0.15, 0.2) is 0 Å². The van der Waals surface area contributed by atoms with Gasteiger partial charge in [-0.05, 0) is 63.3 Å². The summed E-state index contributed by atoms with van der Waals surface area (Å²) in [6.07, 6.45) is 7.04. The molecule has 0 amide bonds. The maximum atomic E-state index is 14.3. The number of halogens is 2. The Morgan fingerprint density at radius 2 is 1.97 bits per heavy atom. The molecule has 3 heterocycles. The molecular weight excluding hydrogens is 467 g/mol. The SMILES string of the molecule is COc1ccc(F)c(Cl)c1[C@@H](C)c1c[nH]c2ncc(-c3c(C)nn([C@H]4CC[C@H](O)CC4)c3C)cc12. The van der Waals surface area contributed by atoms with E-state index in [4.69, 9.17) is 21.4 Å². The third kappa shape index (κ3) is 4.10. The number of pyridine rings is 1. The number of H-pyrrole nitrogens is 1. The van der Waals surface area contributed by atoms with E-state index in [0.29, 0.717) is 17.4 Å². The van der Waals surface area contributed by atoms with Gasteiger partial charge in [0.05, 0.1) is 30.0 Å². The third-order valence-electron chi connectivity index (χ3n) is 7.40. The number of aliphatic hydroxyl groups is 1. The Hall–Kier alpha value is -2.90. The minimum absolute atomic E-state index is 0.0703. The van der Waals surface area contributed by atoms with Crippen molar-refractivity contribution < 1.29 is 14.2 Å². The van der Waals surface area contributed by atoms with Gasteiger partial charge in [0.1, 0.15) is 17.2 Å². The molecule has 3 aromatic heterocycles. The van der Waals surface area contributed by atoms with Gasteiger partial charge in [0, 0.05) is 46.1 Å². The van der Waals surface area contributed by atoms with Crippen LogP contribution in [0, 0.1) is 19.7 Å². The highest BCUT2D eigenvalue weighted by molar-refractivity contribution is 6.31. The topological polar surface area (TPSA) is 76.0 Å². The number of aryl methyl sites for hydroxylation is 1. The van der Waals surface area contributed by atoms with Crippen LogP contribution >= 0.6 is 11.6 Å². The minimum Gasteiger partial charge on any atom is -0.496 e. The zero-order valence-electron chi connectivity index (χ0n) is 20.4. The lowest BCUT2D eigenvalue weighted by atomic mass is 9.91. The largest absolute Gasteiger partial charge is 0.496 e. The Morgan fingerprint density at radius 3 is 2.69 bits per heavy atom. The first-order valence-corrected chi connectivity index (χ1v) is 12.4. The summed E-state index contributed by atoms with van der Waals surface area (Å²) in [6, 6.07) is 5.35. The molecular formula is C27H30ClFN4O2. The minimum atomic E-state index is -0.470. The normalized spacial score (nSPS) is 19.3. The first-order chi connectivity index (χ1) is 16.8. The Kier molecular flexibility index (Phi) is 6.32. The summed E-state index contributed by atoms with van der Waals surface area (Å²) in [7, 11) is 1.56. The van der Waals surface area contributed by atoms with Gasteiger partial charge in [-0.3, -0.25) is 4.68 Å². The fourth-order valence-electron chi connectivity index (χ4n) is 5.54. The molecule has 8 heteroatoms. The van der Waals surface area contributed by atoms with Crippen LogP contribution in [0.5, 0.6) is 5.75 Å². The van der Waals surface area contributed by atoms with Gasteiger partial charge in [-0.25, -0.2) is 9.37 Å². The summed E-state index contributed by atoms with van der Waals surface area (Å²) in [5.74, 6) is -0.146. The molecule has 5 rings (SSSR count). The highest BCUT2D eigenvalue weighted by Gasteiger charge is 2.26. The molecule has 1 aliphatic rings. The van der Waals surface area contributed by atoms with Crippen molar-refractivity contribution in [3.63, 3.8) is 0 Å². The lowest BCUT2D eigenvalue weighted by molar-refractivity contribution is 0.107. The van der Waals surface area contributed by atoms with E-state index in [9.17, 15) is 9.50 Å². The molecule has 0 saturated heterocycles. The van der Waals surface area contributed by atoms with E-state index in [1.807, 2.05) is 26.2 Å². The Balaban J connectivity index is 1.57. The van der Waals surface area contributed by atoms with Crippen molar-refractivity contribution >= 4 is 22.6 Å². The van der Waals surface area contributed by atoms with Crippen LogP contribution in [0.1, 0.15) is 67.1 Å². The number of hydrogen-bond acceptors (Lipinski definition) is 4. The quantitative estimate of drug-likeness (QED) is 0.332. The molecule has 6 nitrogen and oxygen atoms in total. The van der Waals surface area contributed by atoms with Gasteiger partial charge in [0.2, 0.25) is 0 Å². The van der Waals surface area contributed by atoms with Gasteiger partial charge in [-0.2, -0.15) is 5.10 Å². The van der Waals surface area contributed by atoms with Gasteiger partial charge >= 0.3 is 0 Å². The highest BCUT2D eigenvalue weighted by atomic mass is 35.5. The summed E-state index contributed by atoms with van der Waals surface area (Å²) in [6.45, 7) is 6.12. The second kappa shape index (κ2) is 9.28. The second-order valence-corrected chi connectivity index (χ2v) is 9.89. The average molecular weight is 497 g/mol. The van der Waals surface area contributed by atoms with Crippen molar-refractivity contribution in [2.75, 3.05) is 7.11 Å². The number of aromatic nitrogens is 4. The van der Waals surface area contributed by atoms with Crippen LogP contribution in [-0.2, 0) is 0 Å². The number of ether oxygens (including phenoxy) is 1. The van der Waals surface area contributed by atoms with Crippen molar-refractivity contribution in [2.45, 2.75) is 64.5 Å². The van der Waals surface area contributed by atoms with E-state index in [2.05, 4.69) is 27.6 Å². The number of rotatable bonds is 5. The number of nitrogens with one attached hydrogen (secondary N) is 1. The van der Waals surface area contributed by atoms with Crippen LogP contribution in [0.4, 0.5) is 4.39 Å². The monoisotopic (exact) mass is 496 g/mol. The third-order valence-corrected chi connectivity index (χ3v) is 7.79. The smallest absolute Gasteiger partial charge is 0.142 e. The molecule has 1 atom stereocenters. The van der Waals surface area contributed by atoms with E-state index in [-0.39, 0.29) is 17.0 Å². The molecule has 0 aliphatic heterocycles. The molecule has 4 aromatic rings. The molecule has 0 spiro atoms. The van der Waals surface area contributed by atoms with Crippen LogP contribution in [0.3, 0.4) is 0 Å². The molecule has 35 heavy (non-hydrogen) atoms. The summed E-state index contributed by atoms with van der Waals surface area (Å²) in [5, 5.41) is 15.8. The molecule has 1 aromatic carbocycles. The Bertz CT molecular complexity index is 1390. The average Bonchev–Trinajstić information content (AvgIpc) is 3.40. The zero-order valence-corrected chi connectivity index (χ0v) is 21.2. The van der Waals surface area contributed by atoms with E-state index in [1.54, 1.807) is 13.2 Å². The van der Waals surface area contributed by atoms with Crippen molar-refractivity contribution in [1.82, 2.24) is 19.7 Å². The van der Waals surface area contributed by atoms with E-state index < -0.39 is 5.82 Å². The van der Waals surface area contributed by atoms with Crippen molar-refractivity contribution in [1.29, 1.82) is 0 Å². The van der Waals surface area contributed by atoms with E-state index in [1.165, 1.54) is 6.07 Å². The summed E-state index contributed by atoms with van der Waals surface area (Å²) >= 11 is 6.39. The predicted molar refractivity (Wildman–Crippen MR) is 136 cm³/mol. The maximum absolute atomic E-state index is 14.3. The predicted octanol–water partition coefficient (Wildman–Crippen LogP) is 6.47. The number of aromatic amines is 1. The lowest BCUT2D eigenvalue weighted by Gasteiger charge is -2.26. The fraction of sp³-hybridized carbons (Fsp3) is 0.407. The number of nitrogens with zero attached hydrogens (tertiary/aromatic N) is 3. The standard InChI is InChI=1S/C27H30ClFN4O2/c1-14(24-23(35-4)10-9-22(29)26(24)28)21-13-31-27-20(21)11-17(12-30-27)25-15(2)32-33(16(25)3)18-5-7-19(34)8-6-18/h9-14,18-19,34H,5-8H2,1-4H3,(H,30,31)/t14-,18-,19-/m0/s1. The van der Waals surface area contributed by atoms with Crippen molar-refractivity contribution in [2.24, 2.45) is 0 Å². The molecule has 184 valence electrons. The van der Waals surface area contributed by atoms with Crippen LogP contribution in [-0.4, -0.2) is 38.1 Å². The van der Waals surface area contributed by atoms with Crippen LogP contribution in [0.15, 0.2) is 30.6 Å². The van der Waals surface area contributed by atoms with E-state index in [0.717, 1.165) is 64.8 Å². The summed E-state index contributed by atoms with van der Waals surface area (Å²) in [4.78, 5) is 7.93. The summed E-state index contributed by atoms with van der Waals surface area (Å²) in [5.41, 5.74) is 6.45. The maximum Gasteiger partial charge on any atom is 0.142 e. The first kappa shape index (κ1) is 23.8. The molecule has 1 aliphatic carbocycles. The van der Waals surface area contributed by atoms with Crippen molar-refractivity contribution in [3.05, 3.63) is 63.9 Å². The van der Waals surface area contributed by atoms with Gasteiger partial charge < -0.3 is 14.8 Å². The number of aliphatic hydroxyl groups excluding tert-OH is 1. The Morgan fingerprint density at radius 1 is 1.23 bits per heavy atom. The Labute approximate surface area is 209 Å². The zero-order chi connectivity index (χ0) is 24.9. The first-order valence-electron chi connectivity index (χ1n) is 12.0. The van der Waals surface area contributed by atoms with Crippen LogP contribution < -0.4 is 4.74 Å². The molecule has 1 saturated carbocycles. The van der Waals surface area contributed by atoms with E-state index >= 15 is 0 Å². The van der Waals surface area contributed by atoms with Gasteiger partial charge in [-0.1, -0.05) is 18.5 Å². The molecule has 1 fully saturated rings. The number of methoxy groups -OCH3 is 1. The fourth-order valence-corrected chi connectivity index (χ4v) is 5.86. The number of fused-ring (bicyclic) bond motifs is 1. The number of benzene rings is 1. The van der Waals surface area contributed by atoms with Crippen molar-refractivity contribution in [3.8, 4) is 16.9 Å². The van der Waals surface area contributed by atoms with Crippen LogP contribution in [0.25, 0.3) is 22.2 Å². The molecule has 2 N–H and O–H groups in total. The molecule has 0 bridgehead atoms. The van der Waals surface area contributed by atoms with Gasteiger partial charge in [0.25, 0.3) is 0 Å². The lowest BCUT2D eigenvalue weighted by Crippen LogP contribution is -2.22.